The normalized spacial score (nSPS) is 14.7. The Hall–Kier alpha value is -2.22. The van der Waals surface area contributed by atoms with Crippen LogP contribution in [0.4, 0.5) is 4.39 Å². The van der Waals surface area contributed by atoms with Gasteiger partial charge in [0.05, 0.1) is 11.2 Å². The molecule has 136 valence electrons. The Morgan fingerprint density at radius 3 is 2.77 bits per heavy atom. The maximum Gasteiger partial charge on any atom is 0.145 e. The number of nitrogens with zero attached hydrogens (tertiary/aromatic N) is 2. The Bertz CT molecular complexity index is 833. The van der Waals surface area contributed by atoms with E-state index in [0.29, 0.717) is 12.1 Å². The van der Waals surface area contributed by atoms with Crippen molar-refractivity contribution in [3.05, 3.63) is 70.0 Å². The Kier molecular flexibility index (Phi) is 5.41. The van der Waals surface area contributed by atoms with E-state index < -0.39 is 11.4 Å². The lowest BCUT2D eigenvalue weighted by Crippen LogP contribution is -2.30. The van der Waals surface area contributed by atoms with Crippen molar-refractivity contribution in [3.63, 3.8) is 0 Å². The average molecular weight is 352 g/mol. The predicted octanol–water partition coefficient (Wildman–Crippen LogP) is 3.96. The van der Waals surface area contributed by atoms with E-state index in [-0.39, 0.29) is 5.56 Å². The Morgan fingerprint density at radius 1 is 1.23 bits per heavy atom. The van der Waals surface area contributed by atoms with Crippen LogP contribution in [0.15, 0.2) is 36.4 Å². The molecule has 2 aromatic carbocycles. The Balaban J connectivity index is 1.68. The van der Waals surface area contributed by atoms with Crippen molar-refractivity contribution in [3.8, 4) is 6.07 Å². The van der Waals surface area contributed by atoms with Crippen molar-refractivity contribution in [2.24, 2.45) is 0 Å². The lowest BCUT2D eigenvalue weighted by molar-refractivity contribution is 0.0714. The second-order valence-electron chi connectivity index (χ2n) is 7.77. The predicted molar refractivity (Wildman–Crippen MR) is 100.0 cm³/mol. The van der Waals surface area contributed by atoms with E-state index in [2.05, 4.69) is 23.1 Å². The second-order valence-corrected chi connectivity index (χ2v) is 7.77. The van der Waals surface area contributed by atoms with E-state index >= 15 is 0 Å². The van der Waals surface area contributed by atoms with Gasteiger partial charge in [-0.3, -0.25) is 4.90 Å². The van der Waals surface area contributed by atoms with Crippen LogP contribution in [0, 0.1) is 17.1 Å². The molecule has 0 unspecified atom stereocenters. The zero-order valence-corrected chi connectivity index (χ0v) is 15.4. The molecule has 1 N–H and O–H groups in total. The molecule has 1 aliphatic heterocycles. The molecule has 0 bridgehead atoms. The smallest absolute Gasteiger partial charge is 0.145 e. The first-order valence-corrected chi connectivity index (χ1v) is 9.08. The largest absolute Gasteiger partial charge is 0.390 e. The molecule has 26 heavy (non-hydrogen) atoms. The third-order valence-corrected chi connectivity index (χ3v) is 4.98. The summed E-state index contributed by atoms with van der Waals surface area (Å²) >= 11 is 0. The third kappa shape index (κ3) is 4.49. The maximum absolute atomic E-state index is 14.3. The SMILES string of the molecule is CC(C)(O)CCc1ccc2c(c1)CCN(Cc1cccc(C#N)c1F)C2. The fraction of sp³-hybridized carbons (Fsp3) is 0.409. The van der Waals surface area contributed by atoms with Gasteiger partial charge in [-0.25, -0.2) is 4.39 Å². The van der Waals surface area contributed by atoms with Gasteiger partial charge in [-0.15, -0.1) is 0 Å². The molecule has 0 saturated heterocycles. The number of hydrogen-bond donors (Lipinski definition) is 1. The molecule has 3 nitrogen and oxygen atoms in total. The molecular weight excluding hydrogens is 327 g/mol. The molecule has 0 amide bonds. The van der Waals surface area contributed by atoms with Gasteiger partial charge in [-0.2, -0.15) is 5.26 Å². The number of nitriles is 1. The van der Waals surface area contributed by atoms with E-state index in [1.165, 1.54) is 22.8 Å². The standard InChI is InChI=1S/C22H25FN2O/c1-22(2,26)10-8-16-6-7-19-14-25(11-9-17(19)12-16)15-20-5-3-4-18(13-24)21(20)23/h3-7,12,26H,8-11,14-15H2,1-2H3. The Morgan fingerprint density at radius 2 is 2.04 bits per heavy atom. The van der Waals surface area contributed by atoms with Crippen LogP contribution in [0.5, 0.6) is 0 Å². The van der Waals surface area contributed by atoms with Crippen molar-refractivity contribution in [1.82, 2.24) is 4.90 Å². The summed E-state index contributed by atoms with van der Waals surface area (Å²) in [5.74, 6) is -0.400. The Labute approximate surface area is 154 Å². The van der Waals surface area contributed by atoms with Gasteiger partial charge in [0.15, 0.2) is 0 Å². The van der Waals surface area contributed by atoms with Crippen LogP contribution in [0.2, 0.25) is 0 Å². The van der Waals surface area contributed by atoms with Gasteiger partial charge < -0.3 is 5.11 Å². The fourth-order valence-corrected chi connectivity index (χ4v) is 3.43. The van der Waals surface area contributed by atoms with E-state index in [1.807, 2.05) is 19.9 Å². The van der Waals surface area contributed by atoms with Crippen LogP contribution in [0.1, 0.15) is 48.1 Å². The monoisotopic (exact) mass is 352 g/mol. The fourth-order valence-electron chi connectivity index (χ4n) is 3.43. The molecule has 1 heterocycles. The van der Waals surface area contributed by atoms with E-state index in [9.17, 15) is 9.50 Å². The van der Waals surface area contributed by atoms with Gasteiger partial charge in [0.25, 0.3) is 0 Å². The molecule has 0 atom stereocenters. The van der Waals surface area contributed by atoms with Crippen LogP contribution in [0.25, 0.3) is 0 Å². The topological polar surface area (TPSA) is 47.3 Å². The molecule has 0 aromatic heterocycles. The molecule has 4 heteroatoms. The summed E-state index contributed by atoms with van der Waals surface area (Å²) in [5.41, 5.74) is 3.92. The number of fused-ring (bicyclic) bond motifs is 1. The van der Waals surface area contributed by atoms with Gasteiger partial charge >= 0.3 is 0 Å². The first-order valence-electron chi connectivity index (χ1n) is 9.08. The minimum absolute atomic E-state index is 0.108. The minimum atomic E-state index is -0.644. The lowest BCUT2D eigenvalue weighted by atomic mass is 9.93. The van der Waals surface area contributed by atoms with Crippen molar-refractivity contribution in [2.75, 3.05) is 6.54 Å². The summed E-state index contributed by atoms with van der Waals surface area (Å²) in [5, 5.41) is 18.9. The number of aryl methyl sites for hydroxylation is 1. The van der Waals surface area contributed by atoms with E-state index in [1.54, 1.807) is 12.1 Å². The van der Waals surface area contributed by atoms with Crippen LogP contribution >= 0.6 is 0 Å². The molecule has 2 aromatic rings. The molecule has 0 saturated carbocycles. The maximum atomic E-state index is 14.3. The first kappa shape index (κ1) is 18.6. The van der Waals surface area contributed by atoms with Crippen LogP contribution < -0.4 is 0 Å². The molecule has 3 rings (SSSR count). The molecule has 0 spiro atoms. The summed E-state index contributed by atoms with van der Waals surface area (Å²) in [6.45, 7) is 5.85. The molecule has 0 fully saturated rings. The van der Waals surface area contributed by atoms with Gasteiger partial charge in [0.1, 0.15) is 11.9 Å². The summed E-state index contributed by atoms with van der Waals surface area (Å²) in [7, 11) is 0. The summed E-state index contributed by atoms with van der Waals surface area (Å²) < 4.78 is 14.3. The van der Waals surface area contributed by atoms with Crippen LogP contribution in [-0.2, 0) is 25.9 Å². The lowest BCUT2D eigenvalue weighted by Gasteiger charge is -2.29. The van der Waals surface area contributed by atoms with Gasteiger partial charge in [0.2, 0.25) is 0 Å². The number of halogens is 1. The van der Waals surface area contributed by atoms with Crippen molar-refractivity contribution in [1.29, 1.82) is 5.26 Å². The quantitative estimate of drug-likeness (QED) is 0.886. The van der Waals surface area contributed by atoms with Crippen LogP contribution in [0.3, 0.4) is 0 Å². The molecule has 1 aliphatic rings. The zero-order chi connectivity index (χ0) is 18.7. The average Bonchev–Trinajstić information content (AvgIpc) is 2.61. The highest BCUT2D eigenvalue weighted by atomic mass is 19.1. The van der Waals surface area contributed by atoms with Crippen molar-refractivity contribution in [2.45, 2.75) is 51.8 Å². The third-order valence-electron chi connectivity index (χ3n) is 4.98. The molecular formula is C22H25FN2O. The highest BCUT2D eigenvalue weighted by molar-refractivity contribution is 5.36. The van der Waals surface area contributed by atoms with E-state index in [0.717, 1.165) is 32.4 Å². The first-order chi connectivity index (χ1) is 12.4. The number of benzene rings is 2. The summed E-state index contributed by atoms with van der Waals surface area (Å²) in [6.07, 6.45) is 2.55. The van der Waals surface area contributed by atoms with E-state index in [4.69, 9.17) is 5.26 Å². The van der Waals surface area contributed by atoms with Crippen molar-refractivity contribution < 1.29 is 9.50 Å². The number of hydrogen-bond acceptors (Lipinski definition) is 3. The van der Waals surface area contributed by atoms with Crippen molar-refractivity contribution >= 4 is 0 Å². The van der Waals surface area contributed by atoms with Gasteiger partial charge in [-0.05, 0) is 55.9 Å². The number of aliphatic hydroxyl groups is 1. The zero-order valence-electron chi connectivity index (χ0n) is 15.4. The molecule has 0 radical (unpaired) electrons. The second kappa shape index (κ2) is 7.57. The molecule has 0 aliphatic carbocycles. The van der Waals surface area contributed by atoms with Crippen LogP contribution in [-0.4, -0.2) is 22.2 Å². The highest BCUT2D eigenvalue weighted by Crippen LogP contribution is 2.24. The minimum Gasteiger partial charge on any atom is -0.390 e. The highest BCUT2D eigenvalue weighted by Gasteiger charge is 2.19. The summed E-state index contributed by atoms with van der Waals surface area (Å²) in [4.78, 5) is 2.22. The van der Waals surface area contributed by atoms with Gasteiger partial charge in [0, 0.05) is 25.2 Å². The number of rotatable bonds is 5. The summed E-state index contributed by atoms with van der Waals surface area (Å²) in [6, 6.07) is 13.4. The van der Waals surface area contributed by atoms with Gasteiger partial charge in [-0.1, -0.05) is 30.3 Å².